The van der Waals surface area contributed by atoms with Crippen LogP contribution in [0.5, 0.6) is 11.5 Å². The molecule has 26 heavy (non-hydrogen) atoms. The van der Waals surface area contributed by atoms with E-state index in [4.69, 9.17) is 9.47 Å². The average Bonchev–Trinajstić information content (AvgIpc) is 3.14. The van der Waals surface area contributed by atoms with Gasteiger partial charge in [0.2, 0.25) is 6.79 Å². The minimum absolute atomic E-state index is 0.217. The van der Waals surface area contributed by atoms with Gasteiger partial charge < -0.3 is 9.47 Å². The van der Waals surface area contributed by atoms with Crippen molar-refractivity contribution < 1.29 is 14.3 Å². The minimum atomic E-state index is -0.278. The van der Waals surface area contributed by atoms with Gasteiger partial charge in [0, 0.05) is 15.9 Å². The van der Waals surface area contributed by atoms with Crippen LogP contribution in [0, 0.1) is 5.41 Å². The monoisotopic (exact) mass is 368 g/mol. The van der Waals surface area contributed by atoms with Crippen molar-refractivity contribution in [2.45, 2.75) is 43.9 Å². The van der Waals surface area contributed by atoms with Gasteiger partial charge in [-0.3, -0.25) is 4.79 Å². The summed E-state index contributed by atoms with van der Waals surface area (Å²) in [5.74, 6) is 1.64. The number of ether oxygens (including phenoxy) is 2. The van der Waals surface area contributed by atoms with Gasteiger partial charge in [-0.1, -0.05) is 38.3 Å². The zero-order valence-electron chi connectivity index (χ0n) is 15.3. The van der Waals surface area contributed by atoms with E-state index in [1.165, 1.54) is 11.3 Å². The van der Waals surface area contributed by atoms with Crippen LogP contribution < -0.4 is 9.47 Å². The second kappa shape index (κ2) is 6.99. The maximum atomic E-state index is 13.5. The molecule has 0 radical (unpaired) electrons. The van der Waals surface area contributed by atoms with E-state index in [1.807, 2.05) is 12.1 Å². The van der Waals surface area contributed by atoms with Gasteiger partial charge in [0.1, 0.15) is 0 Å². The van der Waals surface area contributed by atoms with Crippen LogP contribution in [0.4, 0.5) is 0 Å². The van der Waals surface area contributed by atoms with Gasteiger partial charge in [-0.25, -0.2) is 0 Å². The van der Waals surface area contributed by atoms with Gasteiger partial charge >= 0.3 is 0 Å². The van der Waals surface area contributed by atoms with Crippen LogP contribution in [0.1, 0.15) is 49.4 Å². The summed E-state index contributed by atoms with van der Waals surface area (Å²) < 4.78 is 11.1. The molecule has 1 aliphatic carbocycles. The molecule has 0 aromatic heterocycles. The van der Waals surface area contributed by atoms with E-state index in [9.17, 15) is 4.79 Å². The topological polar surface area (TPSA) is 35.5 Å². The molecule has 2 aromatic carbocycles. The van der Waals surface area contributed by atoms with Gasteiger partial charge in [-0.15, -0.1) is 11.8 Å². The first-order chi connectivity index (χ1) is 12.6. The standard InChI is InChI=1S/C22H24O3S/c1-22(10-4-3-5-11-22)21(23)18-13-20-19(24-14-25-20)12-17(18)15-6-8-16(26-2)9-7-15/h6-9,12-13H,3-5,10-11,14H2,1-2H3. The van der Waals surface area contributed by atoms with E-state index in [0.717, 1.165) is 48.1 Å². The molecular weight excluding hydrogens is 344 g/mol. The van der Waals surface area contributed by atoms with Crippen molar-refractivity contribution in [2.24, 2.45) is 5.41 Å². The molecule has 0 spiro atoms. The highest BCUT2D eigenvalue weighted by Gasteiger charge is 2.37. The predicted octanol–water partition coefficient (Wildman–Crippen LogP) is 5.96. The molecule has 0 atom stereocenters. The fourth-order valence-corrected chi connectivity index (χ4v) is 4.43. The van der Waals surface area contributed by atoms with E-state index in [2.05, 4.69) is 37.4 Å². The molecule has 1 heterocycles. The Kier molecular flexibility index (Phi) is 4.70. The molecule has 0 amide bonds. The number of benzene rings is 2. The molecule has 136 valence electrons. The Hall–Kier alpha value is -1.94. The lowest BCUT2D eigenvalue weighted by Crippen LogP contribution is -2.30. The molecular formula is C22H24O3S. The Morgan fingerprint density at radius 3 is 2.31 bits per heavy atom. The highest BCUT2D eigenvalue weighted by atomic mass is 32.2. The van der Waals surface area contributed by atoms with Crippen LogP contribution in [0.3, 0.4) is 0 Å². The largest absolute Gasteiger partial charge is 0.454 e. The maximum absolute atomic E-state index is 13.5. The summed E-state index contributed by atoms with van der Waals surface area (Å²) in [6.07, 6.45) is 7.48. The maximum Gasteiger partial charge on any atom is 0.231 e. The summed E-state index contributed by atoms with van der Waals surface area (Å²) in [6.45, 7) is 2.34. The first-order valence-electron chi connectivity index (χ1n) is 9.24. The molecule has 2 aliphatic rings. The third-order valence-corrected chi connectivity index (χ3v) is 6.41. The Bertz CT molecular complexity index is 820. The first-order valence-corrected chi connectivity index (χ1v) is 10.5. The van der Waals surface area contributed by atoms with Crippen molar-refractivity contribution in [1.29, 1.82) is 0 Å². The number of carbonyl (C=O) groups excluding carboxylic acids is 1. The van der Waals surface area contributed by atoms with E-state index < -0.39 is 0 Å². The van der Waals surface area contributed by atoms with Gasteiger partial charge in [-0.2, -0.15) is 0 Å². The molecule has 3 nitrogen and oxygen atoms in total. The molecule has 0 N–H and O–H groups in total. The van der Waals surface area contributed by atoms with Crippen LogP contribution in [-0.2, 0) is 0 Å². The zero-order chi connectivity index (χ0) is 18.1. The lowest BCUT2D eigenvalue weighted by molar-refractivity contribution is 0.0750. The predicted molar refractivity (Wildman–Crippen MR) is 105 cm³/mol. The van der Waals surface area contributed by atoms with Crippen molar-refractivity contribution >= 4 is 17.5 Å². The molecule has 0 saturated heterocycles. The molecule has 1 fully saturated rings. The van der Waals surface area contributed by atoms with E-state index in [1.54, 1.807) is 11.8 Å². The highest BCUT2D eigenvalue weighted by Crippen LogP contribution is 2.44. The smallest absolute Gasteiger partial charge is 0.231 e. The van der Waals surface area contributed by atoms with E-state index >= 15 is 0 Å². The number of rotatable bonds is 4. The molecule has 4 heteroatoms. The number of ketones is 1. The number of hydrogen-bond donors (Lipinski definition) is 0. The molecule has 0 bridgehead atoms. The van der Waals surface area contributed by atoms with E-state index in [-0.39, 0.29) is 18.0 Å². The lowest BCUT2D eigenvalue weighted by Gasteiger charge is -2.32. The Balaban J connectivity index is 1.80. The van der Waals surface area contributed by atoms with Crippen molar-refractivity contribution in [1.82, 2.24) is 0 Å². The zero-order valence-corrected chi connectivity index (χ0v) is 16.2. The fraction of sp³-hybridized carbons (Fsp3) is 0.409. The molecule has 2 aromatic rings. The molecule has 1 saturated carbocycles. The highest BCUT2D eigenvalue weighted by molar-refractivity contribution is 7.98. The van der Waals surface area contributed by atoms with Crippen molar-refractivity contribution in [3.8, 4) is 22.6 Å². The summed E-state index contributed by atoms with van der Waals surface area (Å²) in [4.78, 5) is 14.7. The van der Waals surface area contributed by atoms with Crippen molar-refractivity contribution in [3.63, 3.8) is 0 Å². The van der Waals surface area contributed by atoms with Crippen LogP contribution in [0.2, 0.25) is 0 Å². The van der Waals surface area contributed by atoms with Crippen molar-refractivity contribution in [2.75, 3.05) is 13.0 Å². The first kappa shape index (κ1) is 17.5. The quantitative estimate of drug-likeness (QED) is 0.493. The molecule has 0 unspecified atom stereocenters. The molecule has 4 rings (SSSR count). The number of thioether (sulfide) groups is 1. The second-order valence-corrected chi connectivity index (χ2v) is 8.31. The summed E-state index contributed by atoms with van der Waals surface area (Å²) in [5.41, 5.74) is 2.47. The Morgan fingerprint density at radius 2 is 1.65 bits per heavy atom. The minimum Gasteiger partial charge on any atom is -0.454 e. The number of fused-ring (bicyclic) bond motifs is 1. The Labute approximate surface area is 159 Å². The van der Waals surface area contributed by atoms with E-state index in [0.29, 0.717) is 5.75 Å². The summed E-state index contributed by atoms with van der Waals surface area (Å²) >= 11 is 1.71. The van der Waals surface area contributed by atoms with Crippen LogP contribution in [0.15, 0.2) is 41.3 Å². The third kappa shape index (κ3) is 3.11. The number of Topliss-reactive ketones (excluding diaryl/α,β-unsaturated/α-hetero) is 1. The second-order valence-electron chi connectivity index (χ2n) is 7.43. The SMILES string of the molecule is CSc1ccc(-c2cc3c(cc2C(=O)C2(C)CCCCC2)OCO3)cc1. The summed E-state index contributed by atoms with van der Waals surface area (Å²) in [6, 6.07) is 12.2. The lowest BCUT2D eigenvalue weighted by atomic mass is 9.70. The Morgan fingerprint density at radius 1 is 1.00 bits per heavy atom. The number of hydrogen-bond acceptors (Lipinski definition) is 4. The van der Waals surface area contributed by atoms with Gasteiger partial charge in [0.25, 0.3) is 0 Å². The third-order valence-electron chi connectivity index (χ3n) is 5.66. The molecule has 1 aliphatic heterocycles. The van der Waals surface area contributed by atoms with Crippen LogP contribution in [0.25, 0.3) is 11.1 Å². The number of carbonyl (C=O) groups is 1. The normalized spacial score (nSPS) is 17.9. The van der Waals surface area contributed by atoms with Crippen LogP contribution in [-0.4, -0.2) is 18.8 Å². The van der Waals surface area contributed by atoms with Gasteiger partial charge in [-0.05, 0) is 54.5 Å². The van der Waals surface area contributed by atoms with Crippen LogP contribution >= 0.6 is 11.8 Å². The van der Waals surface area contributed by atoms with Crippen molar-refractivity contribution in [3.05, 3.63) is 42.0 Å². The fourth-order valence-electron chi connectivity index (χ4n) is 4.02. The summed E-state index contributed by atoms with van der Waals surface area (Å²) in [5, 5.41) is 0. The van der Waals surface area contributed by atoms with Gasteiger partial charge in [0.05, 0.1) is 0 Å². The average molecular weight is 368 g/mol. The van der Waals surface area contributed by atoms with Gasteiger partial charge in [0.15, 0.2) is 17.3 Å². The summed E-state index contributed by atoms with van der Waals surface area (Å²) in [7, 11) is 0.